The fourth-order valence-corrected chi connectivity index (χ4v) is 1.47. The molecule has 6 nitrogen and oxygen atoms in total. The highest BCUT2D eigenvalue weighted by atomic mass is 35.5. The molecule has 0 bridgehead atoms. The number of amides is 1. The summed E-state index contributed by atoms with van der Waals surface area (Å²) < 4.78 is 4.99. The van der Waals surface area contributed by atoms with Crippen molar-refractivity contribution in [2.24, 2.45) is 0 Å². The van der Waals surface area contributed by atoms with Crippen LogP contribution >= 0.6 is 11.6 Å². The number of nitrogens with one attached hydrogen (secondary N) is 1. The standard InChI is InChI=1S/C11H11ClN4O2/c1-2-14-10(17)9-15-11(18-16-9)6-3-4-7(12)8(13)5-6/h3-5H,2,13H2,1H3,(H,14,17). The average Bonchev–Trinajstić information content (AvgIpc) is 2.82. The van der Waals surface area contributed by atoms with E-state index < -0.39 is 0 Å². The number of hydrogen-bond donors (Lipinski definition) is 2. The molecule has 1 heterocycles. The van der Waals surface area contributed by atoms with Crippen molar-refractivity contribution in [3.05, 3.63) is 29.0 Å². The monoisotopic (exact) mass is 266 g/mol. The number of rotatable bonds is 3. The maximum absolute atomic E-state index is 11.5. The van der Waals surface area contributed by atoms with E-state index in [0.29, 0.717) is 22.8 Å². The number of carbonyl (C=O) groups is 1. The molecule has 7 heteroatoms. The predicted molar refractivity (Wildman–Crippen MR) is 67.2 cm³/mol. The van der Waals surface area contributed by atoms with Gasteiger partial charge in [0.05, 0.1) is 10.7 Å². The van der Waals surface area contributed by atoms with Crippen molar-refractivity contribution in [3.8, 4) is 11.5 Å². The molecule has 0 aliphatic heterocycles. The lowest BCUT2D eigenvalue weighted by molar-refractivity contribution is 0.0942. The largest absolute Gasteiger partial charge is 0.398 e. The number of halogens is 1. The fraction of sp³-hybridized carbons (Fsp3) is 0.182. The molecule has 0 aliphatic carbocycles. The van der Waals surface area contributed by atoms with Crippen LogP contribution < -0.4 is 11.1 Å². The molecule has 0 radical (unpaired) electrons. The van der Waals surface area contributed by atoms with E-state index in [1.54, 1.807) is 25.1 Å². The highest BCUT2D eigenvalue weighted by Gasteiger charge is 2.15. The number of benzene rings is 1. The molecule has 0 saturated carbocycles. The normalized spacial score (nSPS) is 10.3. The lowest BCUT2D eigenvalue weighted by Gasteiger charge is -1.98. The number of aromatic nitrogens is 2. The summed E-state index contributed by atoms with van der Waals surface area (Å²) in [5.74, 6) is -0.172. The first-order valence-corrected chi connectivity index (χ1v) is 5.67. The van der Waals surface area contributed by atoms with Crippen LogP contribution in [0, 0.1) is 0 Å². The molecular weight excluding hydrogens is 256 g/mol. The second-order valence-corrected chi connectivity index (χ2v) is 3.93. The zero-order chi connectivity index (χ0) is 13.1. The van der Waals surface area contributed by atoms with E-state index in [4.69, 9.17) is 21.9 Å². The van der Waals surface area contributed by atoms with Crippen molar-refractivity contribution in [1.29, 1.82) is 0 Å². The Bertz CT molecular complexity index is 582. The molecule has 2 rings (SSSR count). The second kappa shape index (κ2) is 5.05. The Balaban J connectivity index is 2.29. The van der Waals surface area contributed by atoms with Crippen LogP contribution in [0.1, 0.15) is 17.5 Å². The number of hydrogen-bond acceptors (Lipinski definition) is 5. The van der Waals surface area contributed by atoms with Crippen molar-refractivity contribution >= 4 is 23.2 Å². The number of nitrogens with two attached hydrogens (primary N) is 1. The summed E-state index contributed by atoms with van der Waals surface area (Å²) >= 11 is 5.81. The number of nitrogens with zero attached hydrogens (tertiary/aromatic N) is 2. The highest BCUT2D eigenvalue weighted by Crippen LogP contribution is 2.25. The quantitative estimate of drug-likeness (QED) is 0.825. The smallest absolute Gasteiger partial charge is 0.292 e. The molecule has 0 aliphatic rings. The van der Waals surface area contributed by atoms with E-state index in [1.807, 2.05) is 0 Å². The third-order valence-electron chi connectivity index (χ3n) is 2.21. The van der Waals surface area contributed by atoms with E-state index in [-0.39, 0.29) is 17.6 Å². The first-order chi connectivity index (χ1) is 8.61. The molecule has 0 unspecified atom stereocenters. The van der Waals surface area contributed by atoms with Crippen molar-refractivity contribution < 1.29 is 9.32 Å². The lowest BCUT2D eigenvalue weighted by Crippen LogP contribution is -2.23. The Morgan fingerprint density at radius 1 is 1.56 bits per heavy atom. The van der Waals surface area contributed by atoms with Gasteiger partial charge in [-0.25, -0.2) is 0 Å². The second-order valence-electron chi connectivity index (χ2n) is 3.52. The molecule has 1 aromatic heterocycles. The van der Waals surface area contributed by atoms with Gasteiger partial charge < -0.3 is 15.6 Å². The van der Waals surface area contributed by atoms with E-state index in [1.165, 1.54) is 0 Å². The maximum atomic E-state index is 11.5. The van der Waals surface area contributed by atoms with Crippen molar-refractivity contribution in [3.63, 3.8) is 0 Å². The van der Waals surface area contributed by atoms with Crippen molar-refractivity contribution in [1.82, 2.24) is 15.5 Å². The third-order valence-corrected chi connectivity index (χ3v) is 2.55. The first-order valence-electron chi connectivity index (χ1n) is 5.29. The van der Waals surface area contributed by atoms with Crippen LogP contribution in [0.4, 0.5) is 5.69 Å². The van der Waals surface area contributed by atoms with Gasteiger partial charge >= 0.3 is 0 Å². The summed E-state index contributed by atoms with van der Waals surface area (Å²) in [6.07, 6.45) is 0. The third kappa shape index (κ3) is 2.43. The predicted octanol–water partition coefficient (Wildman–Crippen LogP) is 1.72. The molecule has 0 saturated heterocycles. The van der Waals surface area contributed by atoms with Gasteiger partial charge in [0, 0.05) is 12.1 Å². The van der Waals surface area contributed by atoms with E-state index in [2.05, 4.69) is 15.5 Å². The summed E-state index contributed by atoms with van der Waals surface area (Å²) in [7, 11) is 0. The van der Waals surface area contributed by atoms with Gasteiger partial charge in [0.25, 0.3) is 17.6 Å². The number of carbonyl (C=O) groups excluding carboxylic acids is 1. The Morgan fingerprint density at radius 3 is 3.00 bits per heavy atom. The highest BCUT2D eigenvalue weighted by molar-refractivity contribution is 6.33. The molecule has 94 valence electrons. The number of anilines is 1. The molecule has 2 aromatic rings. The fourth-order valence-electron chi connectivity index (χ4n) is 1.35. The molecule has 0 spiro atoms. The summed E-state index contributed by atoms with van der Waals surface area (Å²) in [5, 5.41) is 6.62. The zero-order valence-corrected chi connectivity index (χ0v) is 10.4. The van der Waals surface area contributed by atoms with Gasteiger partial charge in [0.15, 0.2) is 0 Å². The van der Waals surface area contributed by atoms with Gasteiger partial charge in [-0.1, -0.05) is 16.8 Å². The molecular formula is C11H11ClN4O2. The Kier molecular flexibility index (Phi) is 3.47. The van der Waals surface area contributed by atoms with Gasteiger partial charge in [-0.15, -0.1) is 0 Å². The molecule has 3 N–H and O–H groups in total. The molecule has 18 heavy (non-hydrogen) atoms. The zero-order valence-electron chi connectivity index (χ0n) is 9.61. The van der Waals surface area contributed by atoms with Crippen LogP contribution in [0.3, 0.4) is 0 Å². The average molecular weight is 267 g/mol. The SMILES string of the molecule is CCNC(=O)c1noc(-c2ccc(Cl)c(N)c2)n1. The molecule has 0 fully saturated rings. The minimum Gasteiger partial charge on any atom is -0.398 e. The van der Waals surface area contributed by atoms with Gasteiger partial charge in [0.2, 0.25) is 0 Å². The van der Waals surface area contributed by atoms with Crippen LogP contribution in [0.25, 0.3) is 11.5 Å². The van der Waals surface area contributed by atoms with Crippen molar-refractivity contribution in [2.75, 3.05) is 12.3 Å². The molecule has 1 aromatic carbocycles. The Hall–Kier alpha value is -2.08. The van der Waals surface area contributed by atoms with E-state index in [0.717, 1.165) is 0 Å². The summed E-state index contributed by atoms with van der Waals surface area (Å²) in [6, 6.07) is 4.92. The maximum Gasteiger partial charge on any atom is 0.292 e. The van der Waals surface area contributed by atoms with Gasteiger partial charge in [-0.3, -0.25) is 4.79 Å². The van der Waals surface area contributed by atoms with Gasteiger partial charge in [-0.2, -0.15) is 4.98 Å². The summed E-state index contributed by atoms with van der Waals surface area (Å²) in [5.41, 5.74) is 6.69. The Morgan fingerprint density at radius 2 is 2.33 bits per heavy atom. The molecule has 0 atom stereocenters. The minimum absolute atomic E-state index is 0.0135. The van der Waals surface area contributed by atoms with Gasteiger partial charge in [-0.05, 0) is 25.1 Å². The van der Waals surface area contributed by atoms with E-state index in [9.17, 15) is 4.79 Å². The van der Waals surface area contributed by atoms with Crippen LogP contribution in [-0.2, 0) is 0 Å². The van der Waals surface area contributed by atoms with Crippen LogP contribution in [0.15, 0.2) is 22.7 Å². The van der Waals surface area contributed by atoms with Crippen LogP contribution in [-0.4, -0.2) is 22.6 Å². The lowest BCUT2D eigenvalue weighted by atomic mass is 10.2. The topological polar surface area (TPSA) is 94.0 Å². The van der Waals surface area contributed by atoms with Gasteiger partial charge in [0.1, 0.15) is 0 Å². The Labute approximate surface area is 108 Å². The number of nitrogen functional groups attached to an aromatic ring is 1. The minimum atomic E-state index is -0.380. The summed E-state index contributed by atoms with van der Waals surface area (Å²) in [6.45, 7) is 2.30. The first kappa shape index (κ1) is 12.4. The van der Waals surface area contributed by atoms with Crippen LogP contribution in [0.5, 0.6) is 0 Å². The van der Waals surface area contributed by atoms with Crippen molar-refractivity contribution in [2.45, 2.75) is 6.92 Å². The molecule has 1 amide bonds. The van der Waals surface area contributed by atoms with E-state index >= 15 is 0 Å². The summed E-state index contributed by atoms with van der Waals surface area (Å²) in [4.78, 5) is 15.4. The van der Waals surface area contributed by atoms with Crippen LogP contribution in [0.2, 0.25) is 5.02 Å².